The molecule has 0 atom stereocenters. The van der Waals surface area contributed by atoms with E-state index < -0.39 is 0 Å². The van der Waals surface area contributed by atoms with E-state index in [1.807, 2.05) is 0 Å². The van der Waals surface area contributed by atoms with Crippen LogP contribution in [0, 0.1) is 0 Å². The average Bonchev–Trinajstić information content (AvgIpc) is 3.16. The van der Waals surface area contributed by atoms with Crippen molar-refractivity contribution in [1.29, 1.82) is 0 Å². The Morgan fingerprint density at radius 2 is 2.15 bits per heavy atom. The lowest BCUT2D eigenvalue weighted by molar-refractivity contribution is 0.0891. The first-order valence-corrected chi connectivity index (χ1v) is 6.97. The summed E-state index contributed by atoms with van der Waals surface area (Å²) in [6, 6.07) is 3.78. The number of furan rings is 1. The Morgan fingerprint density at radius 3 is 2.90 bits per heavy atom. The molecule has 2 aromatic heterocycles. The molecule has 2 aromatic rings. The third kappa shape index (κ3) is 2.91. The van der Waals surface area contributed by atoms with E-state index in [1.165, 1.54) is 19.3 Å². The molecule has 1 fully saturated rings. The average molecular weight is 274 g/mol. The Hall–Kier alpha value is -2.08. The van der Waals surface area contributed by atoms with Crippen molar-refractivity contribution in [3.05, 3.63) is 36.6 Å². The molecule has 0 aromatic carbocycles. The predicted octanol–water partition coefficient (Wildman–Crippen LogP) is 2.03. The molecule has 6 heteroatoms. The van der Waals surface area contributed by atoms with Gasteiger partial charge in [-0.2, -0.15) is 0 Å². The van der Waals surface area contributed by atoms with Gasteiger partial charge in [-0.3, -0.25) is 14.8 Å². The van der Waals surface area contributed by atoms with Gasteiger partial charge in [0.1, 0.15) is 6.33 Å². The lowest BCUT2D eigenvalue weighted by Gasteiger charge is -2.22. The van der Waals surface area contributed by atoms with Gasteiger partial charge in [-0.05, 0) is 18.9 Å². The van der Waals surface area contributed by atoms with Crippen LogP contribution in [0.5, 0.6) is 0 Å². The molecule has 106 valence electrons. The molecule has 0 unspecified atom stereocenters. The highest BCUT2D eigenvalue weighted by molar-refractivity contribution is 5.91. The number of hydrogen-bond acceptors (Lipinski definition) is 4. The summed E-state index contributed by atoms with van der Waals surface area (Å²) < 4.78 is 7.21. The highest BCUT2D eigenvalue weighted by atomic mass is 16.4. The molecule has 1 amide bonds. The van der Waals surface area contributed by atoms with Crippen molar-refractivity contribution in [2.24, 2.45) is 0 Å². The lowest BCUT2D eigenvalue weighted by atomic mass is 9.96. The maximum atomic E-state index is 12.0. The first-order chi connectivity index (χ1) is 9.83. The van der Waals surface area contributed by atoms with Crippen LogP contribution in [0.15, 0.2) is 35.3 Å². The number of aromatic nitrogens is 2. The Bertz CT molecular complexity index is 556. The largest absolute Gasteiger partial charge is 0.435 e. The number of hydrazine groups is 1. The first kappa shape index (κ1) is 12.9. The fourth-order valence-electron chi connectivity index (χ4n) is 2.45. The van der Waals surface area contributed by atoms with Crippen LogP contribution in [0.2, 0.25) is 0 Å². The normalized spacial score (nSPS) is 16.2. The summed E-state index contributed by atoms with van der Waals surface area (Å²) in [5.74, 6) is 0.615. The van der Waals surface area contributed by atoms with E-state index in [0.29, 0.717) is 11.9 Å². The van der Waals surface area contributed by atoms with Crippen LogP contribution in [-0.4, -0.2) is 21.5 Å². The first-order valence-electron chi connectivity index (χ1n) is 6.97. The van der Waals surface area contributed by atoms with Crippen molar-refractivity contribution >= 4 is 5.91 Å². The Balaban J connectivity index is 1.57. The zero-order valence-electron chi connectivity index (χ0n) is 11.2. The molecule has 20 heavy (non-hydrogen) atoms. The summed E-state index contributed by atoms with van der Waals surface area (Å²) in [5, 5.41) is 0. The van der Waals surface area contributed by atoms with Crippen LogP contribution < -0.4 is 10.9 Å². The number of imidazole rings is 1. The van der Waals surface area contributed by atoms with E-state index in [4.69, 9.17) is 4.42 Å². The van der Waals surface area contributed by atoms with Crippen LogP contribution in [0.4, 0.5) is 0 Å². The summed E-state index contributed by atoms with van der Waals surface area (Å²) in [7, 11) is 0. The van der Waals surface area contributed by atoms with E-state index in [2.05, 4.69) is 15.8 Å². The van der Waals surface area contributed by atoms with Crippen molar-refractivity contribution in [1.82, 2.24) is 20.4 Å². The number of carbonyl (C=O) groups excluding carboxylic acids is 1. The minimum absolute atomic E-state index is 0.248. The highest BCUT2D eigenvalue weighted by Gasteiger charge is 2.16. The molecule has 0 aliphatic heterocycles. The molecule has 0 radical (unpaired) electrons. The summed E-state index contributed by atoms with van der Waals surface area (Å²) in [4.78, 5) is 15.9. The van der Waals surface area contributed by atoms with Crippen molar-refractivity contribution in [3.8, 4) is 5.88 Å². The number of nitrogens with zero attached hydrogens (tertiary/aromatic N) is 2. The number of rotatable bonds is 4. The van der Waals surface area contributed by atoms with Gasteiger partial charge in [-0.15, -0.1) is 0 Å². The minimum Gasteiger partial charge on any atom is -0.435 e. The molecule has 1 aliphatic carbocycles. The lowest BCUT2D eigenvalue weighted by Crippen LogP contribution is -2.45. The van der Waals surface area contributed by atoms with E-state index in [1.54, 1.807) is 35.4 Å². The second-order valence-electron chi connectivity index (χ2n) is 5.04. The number of hydrogen-bond donors (Lipinski definition) is 2. The van der Waals surface area contributed by atoms with Gasteiger partial charge in [0.2, 0.25) is 5.88 Å². The quantitative estimate of drug-likeness (QED) is 0.837. The standard InChI is InChI=1S/C14H18N4O2/c19-14(17-16-11-4-2-1-3-5-11)12-6-7-13(20-12)18-9-8-15-10-18/h6-11,16H,1-5H2,(H,17,19). The molecular weight excluding hydrogens is 256 g/mol. The molecule has 0 saturated heterocycles. The topological polar surface area (TPSA) is 72.1 Å². The van der Waals surface area contributed by atoms with Crippen LogP contribution >= 0.6 is 0 Å². The molecule has 3 rings (SSSR count). The van der Waals surface area contributed by atoms with Gasteiger partial charge in [-0.1, -0.05) is 19.3 Å². The molecular formula is C14H18N4O2. The molecule has 0 bridgehead atoms. The zero-order chi connectivity index (χ0) is 13.8. The fourth-order valence-corrected chi connectivity index (χ4v) is 2.45. The van der Waals surface area contributed by atoms with Crippen LogP contribution in [-0.2, 0) is 0 Å². The monoisotopic (exact) mass is 274 g/mol. The third-order valence-corrected chi connectivity index (χ3v) is 3.57. The van der Waals surface area contributed by atoms with Crippen molar-refractivity contribution in [2.45, 2.75) is 38.1 Å². The molecule has 1 saturated carbocycles. The van der Waals surface area contributed by atoms with Crippen LogP contribution in [0.1, 0.15) is 42.7 Å². The van der Waals surface area contributed by atoms with Crippen LogP contribution in [0.25, 0.3) is 5.88 Å². The summed E-state index contributed by atoms with van der Waals surface area (Å²) in [6.45, 7) is 0. The summed E-state index contributed by atoms with van der Waals surface area (Å²) in [6.07, 6.45) is 11.0. The summed E-state index contributed by atoms with van der Waals surface area (Å²) in [5.41, 5.74) is 5.80. The van der Waals surface area contributed by atoms with Gasteiger partial charge in [0.25, 0.3) is 0 Å². The van der Waals surface area contributed by atoms with Crippen molar-refractivity contribution < 1.29 is 9.21 Å². The van der Waals surface area contributed by atoms with Gasteiger partial charge in [-0.25, -0.2) is 10.4 Å². The molecule has 2 N–H and O–H groups in total. The van der Waals surface area contributed by atoms with E-state index in [-0.39, 0.29) is 11.7 Å². The second kappa shape index (κ2) is 5.92. The number of amides is 1. The van der Waals surface area contributed by atoms with Gasteiger partial charge in [0.15, 0.2) is 5.76 Å². The minimum atomic E-state index is -0.248. The molecule has 2 heterocycles. The Labute approximate surface area is 117 Å². The van der Waals surface area contributed by atoms with Gasteiger partial charge in [0.05, 0.1) is 0 Å². The van der Waals surface area contributed by atoms with E-state index in [0.717, 1.165) is 12.8 Å². The number of carbonyl (C=O) groups is 1. The van der Waals surface area contributed by atoms with Gasteiger partial charge >= 0.3 is 5.91 Å². The molecule has 1 aliphatic rings. The second-order valence-corrected chi connectivity index (χ2v) is 5.04. The predicted molar refractivity (Wildman–Crippen MR) is 73.3 cm³/mol. The number of nitrogens with one attached hydrogen (secondary N) is 2. The zero-order valence-corrected chi connectivity index (χ0v) is 11.2. The highest BCUT2D eigenvalue weighted by Crippen LogP contribution is 2.17. The van der Waals surface area contributed by atoms with Gasteiger partial charge < -0.3 is 4.42 Å². The van der Waals surface area contributed by atoms with Crippen molar-refractivity contribution in [2.75, 3.05) is 0 Å². The van der Waals surface area contributed by atoms with Crippen molar-refractivity contribution in [3.63, 3.8) is 0 Å². The molecule has 6 nitrogen and oxygen atoms in total. The maximum absolute atomic E-state index is 12.0. The maximum Gasteiger partial charge on any atom is 0.301 e. The van der Waals surface area contributed by atoms with Crippen LogP contribution in [0.3, 0.4) is 0 Å². The Kier molecular flexibility index (Phi) is 3.83. The third-order valence-electron chi connectivity index (χ3n) is 3.57. The van der Waals surface area contributed by atoms with E-state index >= 15 is 0 Å². The smallest absolute Gasteiger partial charge is 0.301 e. The molecule has 0 spiro atoms. The SMILES string of the molecule is O=C(NNC1CCCCC1)c1ccc(-n2ccnc2)o1. The van der Waals surface area contributed by atoms with Gasteiger partial charge in [0, 0.05) is 24.5 Å². The van der Waals surface area contributed by atoms with E-state index in [9.17, 15) is 4.79 Å². The summed E-state index contributed by atoms with van der Waals surface area (Å²) >= 11 is 0. The Morgan fingerprint density at radius 1 is 1.30 bits per heavy atom. The fraction of sp³-hybridized carbons (Fsp3) is 0.429.